The first kappa shape index (κ1) is 26.3. The summed E-state index contributed by atoms with van der Waals surface area (Å²) in [5.74, 6) is 0.282. The average molecular weight is 564 g/mol. The molecule has 11 nitrogen and oxygen atoms in total. The number of aromatic nitrogens is 4. The Hall–Kier alpha value is -3.93. The van der Waals surface area contributed by atoms with Gasteiger partial charge in [-0.3, -0.25) is 9.20 Å². The van der Waals surface area contributed by atoms with Crippen molar-refractivity contribution in [1.82, 2.24) is 24.3 Å². The molecular weight excluding hydrogens is 534 g/mol. The summed E-state index contributed by atoms with van der Waals surface area (Å²) in [6.07, 6.45) is 4.68. The second-order valence-electron chi connectivity index (χ2n) is 10.1. The molecule has 0 spiro atoms. The Morgan fingerprint density at radius 2 is 1.95 bits per heavy atom. The number of hydrogen-bond donors (Lipinski definition) is 1. The molecule has 40 heavy (non-hydrogen) atoms. The average Bonchev–Trinajstić information content (AvgIpc) is 3.57. The lowest BCUT2D eigenvalue weighted by atomic mass is 10.2. The molecule has 3 aromatic heterocycles. The molecule has 1 unspecified atom stereocenters. The highest BCUT2D eigenvalue weighted by molar-refractivity contribution is 6.32. The van der Waals surface area contributed by atoms with E-state index in [2.05, 4.69) is 25.2 Å². The predicted molar refractivity (Wildman–Crippen MR) is 151 cm³/mol. The van der Waals surface area contributed by atoms with Gasteiger partial charge in [-0.2, -0.15) is 0 Å². The lowest BCUT2D eigenvalue weighted by Crippen LogP contribution is -2.52. The predicted octanol–water partition coefficient (Wildman–Crippen LogP) is 4.00. The number of halogens is 1. The van der Waals surface area contributed by atoms with E-state index >= 15 is 0 Å². The minimum atomic E-state index is -0.721. The second kappa shape index (κ2) is 10.6. The van der Waals surface area contributed by atoms with Gasteiger partial charge in [0, 0.05) is 44.1 Å². The molecule has 1 N–H and O–H groups in total. The zero-order valence-electron chi connectivity index (χ0n) is 22.5. The van der Waals surface area contributed by atoms with Crippen molar-refractivity contribution in [3.63, 3.8) is 0 Å². The standard InChI is InChI=1S/C28H30ClN7O4/c1-28(2)39-17-23(40-28)26(37)35-12-10-34(11-13-35)18-7-8-20(22(14-18)38-3)32-27-31-15-19(29)25(33-27)21-16-30-24-6-4-5-9-36(21)24/h4-9,14-16,23H,10-13,17H2,1-3H3,(H,31,32,33). The highest BCUT2D eigenvalue weighted by atomic mass is 35.5. The van der Waals surface area contributed by atoms with Crippen molar-refractivity contribution in [3.05, 3.63) is 60.0 Å². The molecule has 12 heteroatoms. The van der Waals surface area contributed by atoms with Crippen molar-refractivity contribution in [2.24, 2.45) is 0 Å². The topological polar surface area (TPSA) is 106 Å². The molecule has 1 aromatic carbocycles. The van der Waals surface area contributed by atoms with Crippen LogP contribution in [0.5, 0.6) is 5.75 Å². The highest BCUT2D eigenvalue weighted by Gasteiger charge is 2.39. The van der Waals surface area contributed by atoms with Crippen molar-refractivity contribution < 1.29 is 19.0 Å². The van der Waals surface area contributed by atoms with E-state index in [4.69, 9.17) is 25.8 Å². The number of nitrogens with one attached hydrogen (secondary N) is 1. The summed E-state index contributed by atoms with van der Waals surface area (Å²) >= 11 is 6.47. The molecule has 208 valence electrons. The van der Waals surface area contributed by atoms with E-state index in [9.17, 15) is 4.79 Å². The highest BCUT2D eigenvalue weighted by Crippen LogP contribution is 2.33. The van der Waals surface area contributed by atoms with Crippen LogP contribution in [0.2, 0.25) is 5.02 Å². The summed E-state index contributed by atoms with van der Waals surface area (Å²) in [5, 5.41) is 3.68. The first-order valence-electron chi connectivity index (χ1n) is 13.1. The zero-order chi connectivity index (χ0) is 27.9. The van der Waals surface area contributed by atoms with Crippen LogP contribution in [-0.2, 0) is 14.3 Å². The van der Waals surface area contributed by atoms with Gasteiger partial charge in [-0.25, -0.2) is 15.0 Å². The van der Waals surface area contributed by atoms with Crippen LogP contribution < -0.4 is 15.0 Å². The normalized spacial score (nSPS) is 18.8. The third kappa shape index (κ3) is 5.15. The molecule has 1 amide bonds. The van der Waals surface area contributed by atoms with Crippen LogP contribution in [0, 0.1) is 0 Å². The summed E-state index contributed by atoms with van der Waals surface area (Å²) < 4.78 is 18.9. The number of piperazine rings is 1. The SMILES string of the molecule is COc1cc(N2CCN(C(=O)C3COC(C)(C)O3)CC2)ccc1Nc1ncc(Cl)c(-c2cnc3ccccn23)n1. The molecule has 4 aromatic rings. The Kier molecular flexibility index (Phi) is 6.95. The number of hydrogen-bond acceptors (Lipinski definition) is 9. The molecule has 5 heterocycles. The number of pyridine rings is 1. The number of amides is 1. The van der Waals surface area contributed by atoms with E-state index in [1.165, 1.54) is 0 Å². The first-order chi connectivity index (χ1) is 19.3. The van der Waals surface area contributed by atoms with Gasteiger partial charge in [0.1, 0.15) is 17.1 Å². The van der Waals surface area contributed by atoms with E-state index in [0.717, 1.165) is 17.0 Å². The summed E-state index contributed by atoms with van der Waals surface area (Å²) in [5.41, 5.74) is 3.85. The number of ether oxygens (including phenoxy) is 3. The maximum atomic E-state index is 12.9. The van der Waals surface area contributed by atoms with E-state index in [0.29, 0.717) is 54.3 Å². The molecule has 0 saturated carbocycles. The van der Waals surface area contributed by atoms with Crippen LogP contribution in [0.4, 0.5) is 17.3 Å². The van der Waals surface area contributed by atoms with Crippen molar-refractivity contribution in [2.75, 3.05) is 50.1 Å². The van der Waals surface area contributed by atoms with Crippen molar-refractivity contribution in [1.29, 1.82) is 0 Å². The van der Waals surface area contributed by atoms with Gasteiger partial charge >= 0.3 is 0 Å². The van der Waals surface area contributed by atoms with Crippen molar-refractivity contribution >= 4 is 40.5 Å². The van der Waals surface area contributed by atoms with Gasteiger partial charge in [0.05, 0.1) is 42.5 Å². The fraction of sp³-hybridized carbons (Fsp3) is 0.357. The molecule has 2 aliphatic rings. The Bertz CT molecular complexity index is 1550. The summed E-state index contributed by atoms with van der Waals surface area (Å²) in [4.78, 5) is 30.4. The Morgan fingerprint density at radius 3 is 2.70 bits per heavy atom. The molecule has 1 atom stereocenters. The Balaban J connectivity index is 1.15. The van der Waals surface area contributed by atoms with Gasteiger partial charge in [0.2, 0.25) is 5.95 Å². The second-order valence-corrected chi connectivity index (χ2v) is 10.5. The van der Waals surface area contributed by atoms with Crippen LogP contribution in [-0.4, -0.2) is 81.9 Å². The van der Waals surface area contributed by atoms with E-state index in [-0.39, 0.29) is 12.5 Å². The van der Waals surface area contributed by atoms with Crippen LogP contribution in [0.15, 0.2) is 55.0 Å². The van der Waals surface area contributed by atoms with Crippen molar-refractivity contribution in [2.45, 2.75) is 25.7 Å². The lowest BCUT2D eigenvalue weighted by molar-refractivity contribution is -0.160. The fourth-order valence-electron chi connectivity index (χ4n) is 5.01. The molecule has 2 saturated heterocycles. The van der Waals surface area contributed by atoms with E-state index in [1.807, 2.05) is 65.7 Å². The molecule has 2 aliphatic heterocycles. The maximum absolute atomic E-state index is 12.9. The molecular formula is C28H30ClN7O4. The zero-order valence-corrected chi connectivity index (χ0v) is 23.3. The number of nitrogens with zero attached hydrogens (tertiary/aromatic N) is 6. The Labute approximate surface area is 236 Å². The van der Waals surface area contributed by atoms with Crippen LogP contribution in [0.1, 0.15) is 13.8 Å². The summed E-state index contributed by atoms with van der Waals surface area (Å²) in [6, 6.07) is 11.7. The van der Waals surface area contributed by atoms with Crippen LogP contribution in [0.3, 0.4) is 0 Å². The number of carbonyl (C=O) groups is 1. The number of imidazole rings is 1. The maximum Gasteiger partial charge on any atom is 0.254 e. The smallest absolute Gasteiger partial charge is 0.254 e. The largest absolute Gasteiger partial charge is 0.494 e. The fourth-order valence-corrected chi connectivity index (χ4v) is 5.20. The number of fused-ring (bicyclic) bond motifs is 1. The summed E-state index contributed by atoms with van der Waals surface area (Å²) in [7, 11) is 1.62. The van der Waals surface area contributed by atoms with Gasteiger partial charge < -0.3 is 29.3 Å². The number of anilines is 3. The van der Waals surface area contributed by atoms with Gasteiger partial charge in [0.15, 0.2) is 11.9 Å². The molecule has 6 rings (SSSR count). The minimum absolute atomic E-state index is 0.0198. The van der Waals surface area contributed by atoms with Gasteiger partial charge in [-0.1, -0.05) is 17.7 Å². The van der Waals surface area contributed by atoms with E-state index < -0.39 is 11.9 Å². The minimum Gasteiger partial charge on any atom is -0.494 e. The molecule has 2 fully saturated rings. The van der Waals surface area contributed by atoms with Gasteiger partial charge in [-0.15, -0.1) is 0 Å². The first-order valence-corrected chi connectivity index (χ1v) is 13.4. The van der Waals surface area contributed by atoms with Gasteiger partial charge in [0.25, 0.3) is 5.91 Å². The number of carbonyl (C=O) groups excluding carboxylic acids is 1. The molecule has 0 aliphatic carbocycles. The Morgan fingerprint density at radius 1 is 1.12 bits per heavy atom. The van der Waals surface area contributed by atoms with Crippen LogP contribution in [0.25, 0.3) is 17.0 Å². The van der Waals surface area contributed by atoms with Crippen LogP contribution >= 0.6 is 11.6 Å². The quantitative estimate of drug-likeness (QED) is 0.372. The third-order valence-electron chi connectivity index (χ3n) is 7.08. The number of benzene rings is 1. The van der Waals surface area contributed by atoms with E-state index in [1.54, 1.807) is 19.5 Å². The van der Waals surface area contributed by atoms with Gasteiger partial charge in [-0.05, 0) is 38.1 Å². The molecule has 0 radical (unpaired) electrons. The summed E-state index contributed by atoms with van der Waals surface area (Å²) in [6.45, 7) is 6.53. The molecule has 0 bridgehead atoms. The third-order valence-corrected chi connectivity index (χ3v) is 7.35. The number of methoxy groups -OCH3 is 1. The lowest BCUT2D eigenvalue weighted by Gasteiger charge is -2.37. The number of rotatable bonds is 6. The van der Waals surface area contributed by atoms with Crippen molar-refractivity contribution in [3.8, 4) is 17.1 Å². The monoisotopic (exact) mass is 563 g/mol.